The molecule has 0 amide bonds. The molecule has 1 aromatic carbocycles. The Labute approximate surface area is 216 Å². The van der Waals surface area contributed by atoms with Crippen LogP contribution in [-0.4, -0.2) is 66.8 Å². The number of carbonyl (C=O) groups excluding carboxylic acids is 4. The van der Waals surface area contributed by atoms with Crippen molar-refractivity contribution in [2.45, 2.75) is 78.0 Å². The minimum absolute atomic E-state index is 0.0471. The van der Waals surface area contributed by atoms with Gasteiger partial charge >= 0.3 is 23.9 Å². The Morgan fingerprint density at radius 2 is 1.70 bits per heavy atom. The van der Waals surface area contributed by atoms with E-state index in [9.17, 15) is 19.2 Å². The molecular formula is C27H35NO9. The van der Waals surface area contributed by atoms with Crippen LogP contribution < -0.4 is 0 Å². The van der Waals surface area contributed by atoms with Crippen LogP contribution in [0.1, 0.15) is 63.3 Å². The molecule has 0 radical (unpaired) electrons. The fraction of sp³-hybridized carbons (Fsp3) is 0.556. The fourth-order valence-corrected chi connectivity index (χ4v) is 4.49. The summed E-state index contributed by atoms with van der Waals surface area (Å²) in [5.41, 5.74) is 2.99. The van der Waals surface area contributed by atoms with Crippen molar-refractivity contribution in [3.05, 3.63) is 47.0 Å². The van der Waals surface area contributed by atoms with Gasteiger partial charge < -0.3 is 23.7 Å². The number of nitrogens with zero attached hydrogens (tertiary/aromatic N) is 1. The summed E-state index contributed by atoms with van der Waals surface area (Å²) in [7, 11) is 0. The first kappa shape index (κ1) is 28.3. The van der Waals surface area contributed by atoms with Gasteiger partial charge in [-0.05, 0) is 43.0 Å². The number of ether oxygens (including phenoxy) is 5. The van der Waals surface area contributed by atoms with E-state index < -0.39 is 36.3 Å². The van der Waals surface area contributed by atoms with Crippen LogP contribution in [0.15, 0.2) is 30.4 Å². The molecule has 37 heavy (non-hydrogen) atoms. The Bertz CT molecular complexity index is 1020. The SMILES string of the molecule is CCOC(=O)CC[C@@H](C(=O)OCC)N1Cc2ccc([C@@H]3C=C[C@H](OC(C)=O)[C@@H](COC(C)=O)O3)cc2C1. The second-order valence-electron chi connectivity index (χ2n) is 8.90. The van der Waals surface area contributed by atoms with Gasteiger partial charge in [0.15, 0.2) is 0 Å². The van der Waals surface area contributed by atoms with Gasteiger partial charge in [-0.2, -0.15) is 0 Å². The zero-order valence-corrected chi connectivity index (χ0v) is 21.8. The lowest BCUT2D eigenvalue weighted by atomic mass is 9.99. The molecule has 4 atom stereocenters. The summed E-state index contributed by atoms with van der Waals surface area (Å²) in [4.78, 5) is 49.4. The predicted molar refractivity (Wildman–Crippen MR) is 131 cm³/mol. The van der Waals surface area contributed by atoms with Gasteiger partial charge in [-0.25, -0.2) is 0 Å². The van der Waals surface area contributed by atoms with Crippen molar-refractivity contribution in [3.63, 3.8) is 0 Å². The Morgan fingerprint density at radius 3 is 2.38 bits per heavy atom. The van der Waals surface area contributed by atoms with E-state index in [0.29, 0.717) is 26.1 Å². The third-order valence-electron chi connectivity index (χ3n) is 6.15. The largest absolute Gasteiger partial charge is 0.466 e. The number of hydrogen-bond acceptors (Lipinski definition) is 10. The van der Waals surface area contributed by atoms with Crippen molar-refractivity contribution in [1.82, 2.24) is 4.90 Å². The van der Waals surface area contributed by atoms with E-state index in [0.717, 1.165) is 16.7 Å². The molecule has 0 saturated carbocycles. The van der Waals surface area contributed by atoms with E-state index in [-0.39, 0.29) is 31.6 Å². The maximum Gasteiger partial charge on any atom is 0.323 e. The Kier molecular flexibility index (Phi) is 10.2. The van der Waals surface area contributed by atoms with Crippen molar-refractivity contribution < 1.29 is 42.9 Å². The number of fused-ring (bicyclic) bond motifs is 1. The molecule has 2 heterocycles. The Hall–Kier alpha value is -3.24. The van der Waals surface area contributed by atoms with Crippen LogP contribution in [0.5, 0.6) is 0 Å². The molecule has 0 bridgehead atoms. The van der Waals surface area contributed by atoms with E-state index in [4.69, 9.17) is 23.7 Å². The molecule has 0 saturated heterocycles. The van der Waals surface area contributed by atoms with Crippen molar-refractivity contribution in [3.8, 4) is 0 Å². The van der Waals surface area contributed by atoms with E-state index in [1.807, 2.05) is 29.2 Å². The minimum atomic E-state index is -0.664. The topological polar surface area (TPSA) is 118 Å². The summed E-state index contributed by atoms with van der Waals surface area (Å²) in [6, 6.07) is 5.40. The van der Waals surface area contributed by atoms with Crippen LogP contribution in [0.3, 0.4) is 0 Å². The van der Waals surface area contributed by atoms with E-state index >= 15 is 0 Å². The first-order valence-corrected chi connectivity index (χ1v) is 12.5. The van der Waals surface area contributed by atoms with E-state index in [2.05, 4.69) is 0 Å². The highest BCUT2D eigenvalue weighted by Crippen LogP contribution is 2.33. The lowest BCUT2D eigenvalue weighted by molar-refractivity contribution is -0.163. The summed E-state index contributed by atoms with van der Waals surface area (Å²) in [6.45, 7) is 7.68. The highest BCUT2D eigenvalue weighted by atomic mass is 16.6. The van der Waals surface area contributed by atoms with Gasteiger partial charge in [0, 0.05) is 33.4 Å². The molecule has 2 aliphatic heterocycles. The number of carbonyl (C=O) groups is 4. The van der Waals surface area contributed by atoms with Crippen LogP contribution in [0, 0.1) is 0 Å². The quantitative estimate of drug-likeness (QED) is 0.246. The molecule has 2 aliphatic rings. The summed E-state index contributed by atoms with van der Waals surface area (Å²) < 4.78 is 26.9. The number of esters is 4. The van der Waals surface area contributed by atoms with Gasteiger partial charge in [0.2, 0.25) is 0 Å². The normalized spacial score (nSPS) is 21.6. The molecule has 3 rings (SSSR count). The summed E-state index contributed by atoms with van der Waals surface area (Å²) >= 11 is 0. The molecule has 0 fully saturated rings. The van der Waals surface area contributed by atoms with Crippen LogP contribution in [-0.2, 0) is 56.0 Å². The third-order valence-corrected chi connectivity index (χ3v) is 6.15. The lowest BCUT2D eigenvalue weighted by Crippen LogP contribution is -2.39. The summed E-state index contributed by atoms with van der Waals surface area (Å²) in [5.74, 6) is -1.61. The molecule has 10 heteroatoms. The van der Waals surface area contributed by atoms with Gasteiger partial charge in [-0.3, -0.25) is 24.1 Å². The highest BCUT2D eigenvalue weighted by Gasteiger charge is 2.34. The van der Waals surface area contributed by atoms with Gasteiger partial charge in [-0.15, -0.1) is 0 Å². The van der Waals surface area contributed by atoms with E-state index in [1.165, 1.54) is 13.8 Å². The summed E-state index contributed by atoms with van der Waals surface area (Å²) in [6.07, 6.45) is 2.25. The van der Waals surface area contributed by atoms with Crippen LogP contribution in [0.4, 0.5) is 0 Å². The molecule has 0 unspecified atom stereocenters. The van der Waals surface area contributed by atoms with Gasteiger partial charge in [0.05, 0.1) is 13.2 Å². The summed E-state index contributed by atoms with van der Waals surface area (Å²) in [5, 5.41) is 0. The van der Waals surface area contributed by atoms with E-state index in [1.54, 1.807) is 19.9 Å². The maximum absolute atomic E-state index is 12.7. The predicted octanol–water partition coefficient (Wildman–Crippen LogP) is 2.77. The zero-order chi connectivity index (χ0) is 26.9. The Balaban J connectivity index is 1.73. The number of rotatable bonds is 11. The standard InChI is InChI=1S/C27H35NO9/c1-5-33-26(31)12-9-22(27(32)34-6-2)28-14-20-8-7-19(13-21(20)15-28)23-10-11-24(36-18(4)30)25(37-23)16-35-17(3)29/h7-8,10-11,13,22-25H,5-6,9,12,14-16H2,1-4H3/t22-,23-,24-,25+/m0/s1. The van der Waals surface area contributed by atoms with Gasteiger partial charge in [-0.1, -0.05) is 24.3 Å². The molecule has 0 N–H and O–H groups in total. The smallest absolute Gasteiger partial charge is 0.323 e. The van der Waals surface area contributed by atoms with Gasteiger partial charge in [0.25, 0.3) is 0 Å². The average Bonchev–Trinajstić information content (AvgIpc) is 3.26. The molecular weight excluding hydrogens is 482 g/mol. The monoisotopic (exact) mass is 517 g/mol. The third kappa shape index (κ3) is 7.87. The highest BCUT2D eigenvalue weighted by molar-refractivity contribution is 5.77. The van der Waals surface area contributed by atoms with Crippen molar-refractivity contribution in [2.75, 3.05) is 19.8 Å². The lowest BCUT2D eigenvalue weighted by Gasteiger charge is -2.31. The van der Waals surface area contributed by atoms with Crippen molar-refractivity contribution >= 4 is 23.9 Å². The number of benzene rings is 1. The second-order valence-corrected chi connectivity index (χ2v) is 8.90. The molecule has 202 valence electrons. The maximum atomic E-state index is 12.7. The Morgan fingerprint density at radius 1 is 0.973 bits per heavy atom. The first-order chi connectivity index (χ1) is 17.7. The zero-order valence-electron chi connectivity index (χ0n) is 21.8. The second kappa shape index (κ2) is 13.3. The first-order valence-electron chi connectivity index (χ1n) is 12.5. The van der Waals surface area contributed by atoms with Crippen molar-refractivity contribution in [1.29, 1.82) is 0 Å². The molecule has 0 aromatic heterocycles. The molecule has 10 nitrogen and oxygen atoms in total. The minimum Gasteiger partial charge on any atom is -0.466 e. The van der Waals surface area contributed by atoms with Crippen LogP contribution >= 0.6 is 0 Å². The van der Waals surface area contributed by atoms with Crippen LogP contribution in [0.2, 0.25) is 0 Å². The average molecular weight is 518 g/mol. The molecule has 0 aliphatic carbocycles. The van der Waals surface area contributed by atoms with Crippen molar-refractivity contribution in [2.24, 2.45) is 0 Å². The fourth-order valence-electron chi connectivity index (χ4n) is 4.49. The number of hydrogen-bond donors (Lipinski definition) is 0. The van der Waals surface area contributed by atoms with Crippen LogP contribution in [0.25, 0.3) is 0 Å². The van der Waals surface area contributed by atoms with Gasteiger partial charge in [0.1, 0.15) is 31.0 Å². The molecule has 0 spiro atoms. The molecule has 1 aromatic rings.